The van der Waals surface area contributed by atoms with Crippen LogP contribution in [0, 0.1) is 11.8 Å². The molecule has 1 aliphatic heterocycles. The summed E-state index contributed by atoms with van der Waals surface area (Å²) in [7, 11) is 0. The number of carbonyl (C=O) groups is 3. The highest BCUT2D eigenvalue weighted by Gasteiger charge is 2.36. The average Bonchev–Trinajstić information content (AvgIpc) is 2.93. The predicted molar refractivity (Wildman–Crippen MR) is 102 cm³/mol. The summed E-state index contributed by atoms with van der Waals surface area (Å²) in [4.78, 5) is 38.3. The number of nitrogens with one attached hydrogen (secondary N) is 1. The van der Waals surface area contributed by atoms with Gasteiger partial charge in [0.1, 0.15) is 0 Å². The van der Waals surface area contributed by atoms with Gasteiger partial charge in [-0.1, -0.05) is 42.3 Å². The molecule has 0 spiro atoms. The molecule has 3 amide bonds. The topological polar surface area (TPSA) is 66.5 Å². The van der Waals surface area contributed by atoms with Gasteiger partial charge < -0.3 is 5.32 Å². The zero-order chi connectivity index (χ0) is 19.2. The summed E-state index contributed by atoms with van der Waals surface area (Å²) < 4.78 is 0. The van der Waals surface area contributed by atoms with Gasteiger partial charge in [0.05, 0.1) is 17.2 Å². The second-order valence-electron chi connectivity index (χ2n) is 6.08. The molecule has 5 nitrogen and oxygen atoms in total. The Kier molecular flexibility index (Phi) is 5.48. The summed E-state index contributed by atoms with van der Waals surface area (Å²) in [6.07, 6.45) is 2.04. The third-order valence-corrected chi connectivity index (χ3v) is 4.16. The van der Waals surface area contributed by atoms with Crippen LogP contribution < -0.4 is 5.32 Å². The molecule has 0 saturated heterocycles. The van der Waals surface area contributed by atoms with Crippen LogP contribution in [0.2, 0.25) is 0 Å². The van der Waals surface area contributed by atoms with E-state index in [-0.39, 0.29) is 18.4 Å². The zero-order valence-electron chi connectivity index (χ0n) is 14.6. The fourth-order valence-corrected chi connectivity index (χ4v) is 2.88. The van der Waals surface area contributed by atoms with Crippen molar-refractivity contribution in [3.05, 3.63) is 83.9 Å². The molecule has 1 atom stereocenters. The van der Waals surface area contributed by atoms with E-state index < -0.39 is 11.9 Å². The summed E-state index contributed by atoms with van der Waals surface area (Å²) in [6.45, 7) is 3.74. The second-order valence-corrected chi connectivity index (χ2v) is 6.08. The highest BCUT2D eigenvalue weighted by Crippen LogP contribution is 2.22. The third kappa shape index (κ3) is 4.13. The van der Waals surface area contributed by atoms with Gasteiger partial charge >= 0.3 is 0 Å². The largest absolute Gasteiger partial charge is 0.340 e. The molecule has 0 fully saturated rings. The van der Waals surface area contributed by atoms with E-state index in [1.807, 2.05) is 18.2 Å². The first-order valence-corrected chi connectivity index (χ1v) is 8.54. The third-order valence-electron chi connectivity index (χ3n) is 4.16. The number of rotatable bonds is 5. The summed E-state index contributed by atoms with van der Waals surface area (Å²) in [5.41, 5.74) is 1.50. The minimum absolute atomic E-state index is 0.0666. The molecule has 0 saturated carbocycles. The monoisotopic (exact) mass is 358 g/mol. The Balaban J connectivity index is 1.69. The van der Waals surface area contributed by atoms with E-state index in [2.05, 4.69) is 23.7 Å². The van der Waals surface area contributed by atoms with Gasteiger partial charge in [-0.25, -0.2) is 0 Å². The minimum atomic E-state index is -0.470. The molecule has 1 aliphatic rings. The van der Waals surface area contributed by atoms with Crippen molar-refractivity contribution < 1.29 is 14.4 Å². The van der Waals surface area contributed by atoms with Gasteiger partial charge in [0.15, 0.2) is 0 Å². The maximum absolute atomic E-state index is 12.5. The summed E-state index contributed by atoms with van der Waals surface area (Å²) in [5, 5.41) is 2.75. The van der Waals surface area contributed by atoms with Crippen molar-refractivity contribution in [3.63, 3.8) is 0 Å². The van der Waals surface area contributed by atoms with E-state index in [4.69, 9.17) is 0 Å². The molecule has 0 bridgehead atoms. The summed E-state index contributed by atoms with van der Waals surface area (Å²) in [6, 6.07) is 15.4. The minimum Gasteiger partial charge on any atom is -0.340 e. The number of nitrogens with zero attached hydrogens (tertiary/aromatic N) is 1. The SMILES string of the molecule is C=CCC(CN1C(=O)c2ccccc2C1=O)NC(=O)C#Cc1ccccc1. The number of hydrogen-bond acceptors (Lipinski definition) is 3. The quantitative estimate of drug-likeness (QED) is 0.507. The molecular formula is C22H18N2O3. The fourth-order valence-electron chi connectivity index (χ4n) is 2.88. The number of imide groups is 1. The van der Waals surface area contributed by atoms with Crippen LogP contribution in [0.3, 0.4) is 0 Å². The van der Waals surface area contributed by atoms with Gasteiger partial charge in [0, 0.05) is 18.0 Å². The average molecular weight is 358 g/mol. The van der Waals surface area contributed by atoms with E-state index >= 15 is 0 Å². The Bertz CT molecular complexity index is 919. The van der Waals surface area contributed by atoms with Crippen molar-refractivity contribution in [1.29, 1.82) is 0 Å². The van der Waals surface area contributed by atoms with E-state index in [1.54, 1.807) is 42.5 Å². The highest BCUT2D eigenvalue weighted by molar-refractivity contribution is 6.21. The van der Waals surface area contributed by atoms with Crippen molar-refractivity contribution in [3.8, 4) is 11.8 Å². The number of carbonyl (C=O) groups excluding carboxylic acids is 3. The van der Waals surface area contributed by atoms with Gasteiger partial charge in [-0.05, 0) is 30.7 Å². The molecule has 2 aromatic rings. The highest BCUT2D eigenvalue weighted by atomic mass is 16.2. The van der Waals surface area contributed by atoms with E-state index in [0.29, 0.717) is 17.5 Å². The van der Waals surface area contributed by atoms with Crippen LogP contribution in [0.15, 0.2) is 67.3 Å². The van der Waals surface area contributed by atoms with Crippen LogP contribution >= 0.6 is 0 Å². The lowest BCUT2D eigenvalue weighted by molar-refractivity contribution is -0.116. The molecule has 0 aromatic heterocycles. The van der Waals surface area contributed by atoms with Crippen LogP contribution in [0.1, 0.15) is 32.7 Å². The maximum atomic E-state index is 12.5. The molecule has 5 heteroatoms. The van der Waals surface area contributed by atoms with E-state index in [1.165, 1.54) is 0 Å². The number of benzene rings is 2. The molecule has 1 heterocycles. The first-order valence-electron chi connectivity index (χ1n) is 8.54. The number of hydrogen-bond donors (Lipinski definition) is 1. The zero-order valence-corrected chi connectivity index (χ0v) is 14.6. The normalized spacial score (nSPS) is 13.4. The Morgan fingerprint density at radius 2 is 1.63 bits per heavy atom. The molecule has 134 valence electrons. The number of fused-ring (bicyclic) bond motifs is 1. The van der Waals surface area contributed by atoms with E-state index in [9.17, 15) is 14.4 Å². The fraction of sp³-hybridized carbons (Fsp3) is 0.136. The van der Waals surface area contributed by atoms with Crippen molar-refractivity contribution in [1.82, 2.24) is 10.2 Å². The van der Waals surface area contributed by atoms with Gasteiger partial charge in [-0.3, -0.25) is 19.3 Å². The van der Waals surface area contributed by atoms with Crippen LogP contribution in [-0.4, -0.2) is 35.2 Å². The summed E-state index contributed by atoms with van der Waals surface area (Å²) >= 11 is 0. The first kappa shape index (κ1) is 18.2. The molecule has 1 N–H and O–H groups in total. The van der Waals surface area contributed by atoms with Gasteiger partial charge in [-0.2, -0.15) is 0 Å². The van der Waals surface area contributed by atoms with Crippen LogP contribution in [0.4, 0.5) is 0 Å². The van der Waals surface area contributed by atoms with Crippen molar-refractivity contribution in [2.24, 2.45) is 0 Å². The van der Waals surface area contributed by atoms with Crippen LogP contribution in [-0.2, 0) is 4.79 Å². The lowest BCUT2D eigenvalue weighted by Crippen LogP contribution is -2.45. The number of amides is 3. The van der Waals surface area contributed by atoms with Gasteiger partial charge in [-0.15, -0.1) is 6.58 Å². The molecular weight excluding hydrogens is 340 g/mol. The van der Waals surface area contributed by atoms with Gasteiger partial charge in [0.2, 0.25) is 0 Å². The lowest BCUT2D eigenvalue weighted by Gasteiger charge is -2.21. The lowest BCUT2D eigenvalue weighted by atomic mass is 10.1. The Hall–Kier alpha value is -3.65. The van der Waals surface area contributed by atoms with Crippen molar-refractivity contribution in [2.75, 3.05) is 6.54 Å². The molecule has 3 rings (SSSR count). The van der Waals surface area contributed by atoms with Gasteiger partial charge in [0.25, 0.3) is 17.7 Å². The Labute approximate surface area is 157 Å². The van der Waals surface area contributed by atoms with Crippen molar-refractivity contribution in [2.45, 2.75) is 12.5 Å². The maximum Gasteiger partial charge on any atom is 0.296 e. The molecule has 0 aliphatic carbocycles. The van der Waals surface area contributed by atoms with Crippen LogP contribution in [0.25, 0.3) is 0 Å². The smallest absolute Gasteiger partial charge is 0.296 e. The first-order chi connectivity index (χ1) is 13.1. The van der Waals surface area contributed by atoms with Crippen LogP contribution in [0.5, 0.6) is 0 Å². The Morgan fingerprint density at radius 3 is 2.22 bits per heavy atom. The standard InChI is InChI=1S/C22H18N2O3/c1-2-8-17(23-20(25)14-13-16-9-4-3-5-10-16)15-24-21(26)18-11-6-7-12-19(18)22(24)27/h2-7,9-12,17H,1,8,15H2,(H,23,25). The molecule has 1 unspecified atom stereocenters. The summed E-state index contributed by atoms with van der Waals surface area (Å²) in [5.74, 6) is 4.14. The predicted octanol–water partition coefficient (Wildman–Crippen LogP) is 2.40. The second kappa shape index (κ2) is 8.15. The van der Waals surface area contributed by atoms with Crippen molar-refractivity contribution >= 4 is 17.7 Å². The Morgan fingerprint density at radius 1 is 1.04 bits per heavy atom. The molecule has 0 radical (unpaired) electrons. The van der Waals surface area contributed by atoms with E-state index in [0.717, 1.165) is 10.5 Å². The molecule has 2 aromatic carbocycles. The molecule has 27 heavy (non-hydrogen) atoms.